The van der Waals surface area contributed by atoms with Gasteiger partial charge in [0.1, 0.15) is 23.8 Å². The molecule has 0 saturated carbocycles. The molecule has 1 atom stereocenters. The third-order valence-corrected chi connectivity index (χ3v) is 4.64. The fourth-order valence-electron chi connectivity index (χ4n) is 3.15. The van der Waals surface area contributed by atoms with Crippen molar-refractivity contribution in [2.45, 2.75) is 13.0 Å². The van der Waals surface area contributed by atoms with Crippen molar-refractivity contribution in [1.82, 2.24) is 20.0 Å². The largest absolute Gasteiger partial charge is 0.497 e. The highest BCUT2D eigenvalue weighted by Gasteiger charge is 2.29. The quantitative estimate of drug-likeness (QED) is 0.671. The standard InChI is InChI=1S/C20H20N4O4/c1-24(11-18-22-19(23-28-18)16-5-3-4-8-21-16)20(25)14-9-13-6-7-15(26-2)10-17(13)27-12-14/h3-8,10,14H,9,11-12H2,1-2H3/t14-/m1/s1. The SMILES string of the molecule is COc1ccc2c(c1)OC[C@H](C(=O)N(C)Cc1nc(-c3ccccn3)no1)C2. The molecule has 3 heterocycles. The maximum Gasteiger partial charge on any atom is 0.246 e. The first-order valence-electron chi connectivity index (χ1n) is 8.92. The molecule has 1 aromatic carbocycles. The van der Waals surface area contributed by atoms with E-state index in [1.54, 1.807) is 31.3 Å². The first kappa shape index (κ1) is 18.0. The zero-order chi connectivity index (χ0) is 19.5. The van der Waals surface area contributed by atoms with Crippen LogP contribution in [0.4, 0.5) is 0 Å². The minimum Gasteiger partial charge on any atom is -0.497 e. The van der Waals surface area contributed by atoms with Crippen LogP contribution in [0, 0.1) is 5.92 Å². The van der Waals surface area contributed by atoms with Crippen molar-refractivity contribution in [3.8, 4) is 23.0 Å². The fourth-order valence-corrected chi connectivity index (χ4v) is 3.15. The van der Waals surface area contributed by atoms with Crippen LogP contribution in [-0.4, -0.2) is 46.7 Å². The summed E-state index contributed by atoms with van der Waals surface area (Å²) in [5.41, 5.74) is 1.62. The van der Waals surface area contributed by atoms with Gasteiger partial charge in [-0.15, -0.1) is 0 Å². The second kappa shape index (κ2) is 7.67. The Kier molecular flexibility index (Phi) is 4.92. The van der Waals surface area contributed by atoms with Crippen LogP contribution in [0.3, 0.4) is 0 Å². The predicted octanol–water partition coefficient (Wildman–Crippen LogP) is 2.35. The molecule has 1 aliphatic rings. The van der Waals surface area contributed by atoms with E-state index in [-0.39, 0.29) is 18.4 Å². The monoisotopic (exact) mass is 380 g/mol. The molecule has 144 valence electrons. The molecule has 0 spiro atoms. The van der Waals surface area contributed by atoms with Gasteiger partial charge in [-0.2, -0.15) is 4.98 Å². The van der Waals surface area contributed by atoms with Crippen LogP contribution in [0.15, 0.2) is 47.1 Å². The van der Waals surface area contributed by atoms with Crippen molar-refractivity contribution in [3.63, 3.8) is 0 Å². The lowest BCUT2D eigenvalue weighted by Crippen LogP contribution is -2.38. The Hall–Kier alpha value is -3.42. The number of hydrogen-bond donors (Lipinski definition) is 0. The summed E-state index contributed by atoms with van der Waals surface area (Å²) in [7, 11) is 3.33. The molecule has 0 saturated heterocycles. The maximum atomic E-state index is 12.8. The summed E-state index contributed by atoms with van der Waals surface area (Å²) < 4.78 is 16.3. The Labute approximate surface area is 162 Å². The van der Waals surface area contributed by atoms with Gasteiger partial charge in [-0.1, -0.05) is 17.3 Å². The van der Waals surface area contributed by atoms with Crippen LogP contribution in [-0.2, 0) is 17.8 Å². The van der Waals surface area contributed by atoms with Gasteiger partial charge in [0.2, 0.25) is 17.6 Å². The summed E-state index contributed by atoms with van der Waals surface area (Å²) >= 11 is 0. The molecule has 0 fully saturated rings. The molecule has 0 unspecified atom stereocenters. The van der Waals surface area contributed by atoms with Crippen LogP contribution < -0.4 is 9.47 Å². The number of methoxy groups -OCH3 is 1. The zero-order valence-electron chi connectivity index (χ0n) is 15.7. The molecular weight excluding hydrogens is 360 g/mol. The first-order valence-corrected chi connectivity index (χ1v) is 8.92. The van der Waals surface area contributed by atoms with E-state index in [9.17, 15) is 4.79 Å². The maximum absolute atomic E-state index is 12.8. The third kappa shape index (κ3) is 3.66. The minimum atomic E-state index is -0.260. The van der Waals surface area contributed by atoms with Crippen LogP contribution in [0.1, 0.15) is 11.5 Å². The van der Waals surface area contributed by atoms with Crippen molar-refractivity contribution in [3.05, 3.63) is 54.0 Å². The van der Waals surface area contributed by atoms with Gasteiger partial charge in [0.15, 0.2) is 0 Å². The second-order valence-corrected chi connectivity index (χ2v) is 6.61. The smallest absolute Gasteiger partial charge is 0.246 e. The van der Waals surface area contributed by atoms with Gasteiger partial charge in [0, 0.05) is 19.3 Å². The number of nitrogens with zero attached hydrogens (tertiary/aromatic N) is 4. The Morgan fingerprint density at radius 2 is 2.21 bits per heavy atom. The van der Waals surface area contributed by atoms with Crippen molar-refractivity contribution >= 4 is 5.91 Å². The van der Waals surface area contributed by atoms with Gasteiger partial charge in [-0.25, -0.2) is 0 Å². The summed E-state index contributed by atoms with van der Waals surface area (Å²) in [6, 6.07) is 11.1. The number of benzene rings is 1. The highest BCUT2D eigenvalue weighted by Crippen LogP contribution is 2.31. The van der Waals surface area contributed by atoms with Gasteiger partial charge in [0.05, 0.1) is 19.6 Å². The summed E-state index contributed by atoms with van der Waals surface area (Å²) in [6.07, 6.45) is 2.28. The Balaban J connectivity index is 1.41. The number of pyridine rings is 1. The second-order valence-electron chi connectivity index (χ2n) is 6.61. The molecule has 0 bridgehead atoms. The van der Waals surface area contributed by atoms with Crippen LogP contribution in [0.5, 0.6) is 11.5 Å². The summed E-state index contributed by atoms with van der Waals surface area (Å²) in [5, 5.41) is 3.93. The topological polar surface area (TPSA) is 90.6 Å². The van der Waals surface area contributed by atoms with Crippen molar-refractivity contribution in [1.29, 1.82) is 0 Å². The van der Waals surface area contributed by atoms with Crippen molar-refractivity contribution < 1.29 is 18.8 Å². The van der Waals surface area contributed by atoms with E-state index in [1.165, 1.54) is 0 Å². The van der Waals surface area contributed by atoms with Crippen LogP contribution in [0.2, 0.25) is 0 Å². The summed E-state index contributed by atoms with van der Waals surface area (Å²) in [4.78, 5) is 22.9. The van der Waals surface area contributed by atoms with E-state index < -0.39 is 0 Å². The number of carbonyl (C=O) groups is 1. The van der Waals surface area contributed by atoms with E-state index in [2.05, 4.69) is 15.1 Å². The average Bonchev–Trinajstić information content (AvgIpc) is 3.21. The highest BCUT2D eigenvalue weighted by atomic mass is 16.5. The summed E-state index contributed by atoms with van der Waals surface area (Å²) in [5.74, 6) is 1.98. The predicted molar refractivity (Wildman–Crippen MR) is 99.7 cm³/mol. The number of aromatic nitrogens is 3. The molecule has 8 heteroatoms. The van der Waals surface area contributed by atoms with Crippen molar-refractivity contribution in [2.75, 3.05) is 20.8 Å². The summed E-state index contributed by atoms with van der Waals surface area (Å²) in [6.45, 7) is 0.553. The highest BCUT2D eigenvalue weighted by molar-refractivity contribution is 5.79. The Morgan fingerprint density at radius 3 is 3.00 bits per heavy atom. The molecular formula is C20H20N4O4. The van der Waals surface area contributed by atoms with E-state index in [1.807, 2.05) is 30.3 Å². The van der Waals surface area contributed by atoms with E-state index in [4.69, 9.17) is 14.0 Å². The van der Waals surface area contributed by atoms with Crippen LogP contribution >= 0.6 is 0 Å². The lowest BCUT2D eigenvalue weighted by atomic mass is 9.95. The third-order valence-electron chi connectivity index (χ3n) is 4.64. The van der Waals surface area contributed by atoms with Gasteiger partial charge in [-0.05, 0) is 30.2 Å². The van der Waals surface area contributed by atoms with Gasteiger partial charge in [0.25, 0.3) is 0 Å². The Bertz CT molecular complexity index is 973. The first-order chi connectivity index (χ1) is 13.6. The molecule has 0 N–H and O–H groups in total. The number of amides is 1. The van der Waals surface area contributed by atoms with E-state index >= 15 is 0 Å². The number of fused-ring (bicyclic) bond motifs is 1. The van der Waals surface area contributed by atoms with Crippen molar-refractivity contribution in [2.24, 2.45) is 5.92 Å². The number of carbonyl (C=O) groups excluding carboxylic acids is 1. The average molecular weight is 380 g/mol. The lowest BCUT2D eigenvalue weighted by molar-refractivity contribution is -0.136. The number of hydrogen-bond acceptors (Lipinski definition) is 7. The fraction of sp³-hybridized carbons (Fsp3) is 0.300. The van der Waals surface area contributed by atoms with Gasteiger partial charge < -0.3 is 18.9 Å². The van der Waals surface area contributed by atoms with E-state index in [0.717, 1.165) is 17.1 Å². The Morgan fingerprint density at radius 1 is 1.32 bits per heavy atom. The van der Waals surface area contributed by atoms with Gasteiger partial charge in [-0.3, -0.25) is 9.78 Å². The molecule has 2 aromatic heterocycles. The number of rotatable bonds is 5. The zero-order valence-corrected chi connectivity index (χ0v) is 15.7. The minimum absolute atomic E-state index is 0.0287. The van der Waals surface area contributed by atoms with Crippen LogP contribution in [0.25, 0.3) is 11.5 Å². The molecule has 0 aliphatic carbocycles. The molecule has 28 heavy (non-hydrogen) atoms. The number of ether oxygens (including phenoxy) is 2. The van der Waals surface area contributed by atoms with E-state index in [0.29, 0.717) is 30.4 Å². The molecule has 1 amide bonds. The molecule has 4 rings (SSSR count). The lowest BCUT2D eigenvalue weighted by Gasteiger charge is -2.27. The molecule has 0 radical (unpaired) electrons. The van der Waals surface area contributed by atoms with Gasteiger partial charge >= 0.3 is 0 Å². The molecule has 8 nitrogen and oxygen atoms in total. The molecule has 3 aromatic rings. The molecule has 1 aliphatic heterocycles. The normalized spacial score (nSPS) is 15.4.